The van der Waals surface area contributed by atoms with Crippen molar-refractivity contribution in [3.63, 3.8) is 0 Å². The third kappa shape index (κ3) is 1.21. The molecule has 3 heteroatoms. The summed E-state index contributed by atoms with van der Waals surface area (Å²) in [5.74, 6) is 0.168. The second kappa shape index (κ2) is 3.44. The number of rotatable bonds is 1. The molecule has 16 heavy (non-hydrogen) atoms. The van der Waals surface area contributed by atoms with Gasteiger partial charge in [0.25, 0.3) is 0 Å². The van der Waals surface area contributed by atoms with E-state index in [9.17, 15) is 9.59 Å². The molecular formula is C13H13NO2. The van der Waals surface area contributed by atoms with Gasteiger partial charge in [-0.05, 0) is 24.0 Å². The molecule has 0 saturated heterocycles. The Labute approximate surface area is 94.1 Å². The molecule has 1 atom stereocenters. The maximum absolute atomic E-state index is 11.8. The predicted molar refractivity (Wildman–Crippen MR) is 60.5 cm³/mol. The Morgan fingerprint density at radius 2 is 2.19 bits per heavy atom. The highest BCUT2D eigenvalue weighted by Crippen LogP contribution is 2.39. The van der Waals surface area contributed by atoms with Gasteiger partial charge in [0.2, 0.25) is 5.91 Å². The van der Waals surface area contributed by atoms with E-state index in [2.05, 4.69) is 6.07 Å². The Hall–Kier alpha value is -1.64. The van der Waals surface area contributed by atoms with Gasteiger partial charge in [0, 0.05) is 18.9 Å². The summed E-state index contributed by atoms with van der Waals surface area (Å²) >= 11 is 0. The van der Waals surface area contributed by atoms with E-state index in [1.807, 2.05) is 17.0 Å². The first-order valence-corrected chi connectivity index (χ1v) is 5.68. The first-order chi connectivity index (χ1) is 7.81. The van der Waals surface area contributed by atoms with Crippen LogP contribution < -0.4 is 4.90 Å². The SMILES string of the molecule is O=CC1CCN2C(=O)CCc3cccc1c32. The molecule has 0 bridgehead atoms. The summed E-state index contributed by atoms with van der Waals surface area (Å²) in [7, 11) is 0. The molecule has 0 saturated carbocycles. The van der Waals surface area contributed by atoms with E-state index in [0.717, 1.165) is 30.4 Å². The summed E-state index contributed by atoms with van der Waals surface area (Å²) in [5, 5.41) is 0. The van der Waals surface area contributed by atoms with Crippen molar-refractivity contribution in [3.05, 3.63) is 29.3 Å². The van der Waals surface area contributed by atoms with E-state index in [-0.39, 0.29) is 11.8 Å². The van der Waals surface area contributed by atoms with Crippen molar-refractivity contribution in [2.24, 2.45) is 0 Å². The monoisotopic (exact) mass is 215 g/mol. The molecule has 2 aliphatic rings. The molecule has 2 heterocycles. The van der Waals surface area contributed by atoms with Crippen LogP contribution in [0.3, 0.4) is 0 Å². The van der Waals surface area contributed by atoms with Crippen LogP contribution in [0.5, 0.6) is 0 Å². The molecular weight excluding hydrogens is 202 g/mol. The minimum absolute atomic E-state index is 0.0305. The van der Waals surface area contributed by atoms with E-state index in [1.54, 1.807) is 0 Å². The fourth-order valence-electron chi connectivity index (χ4n) is 2.74. The third-order valence-corrected chi connectivity index (χ3v) is 3.56. The maximum Gasteiger partial charge on any atom is 0.227 e. The second-order valence-corrected chi connectivity index (χ2v) is 4.43. The summed E-state index contributed by atoms with van der Waals surface area (Å²) in [4.78, 5) is 24.7. The quantitative estimate of drug-likeness (QED) is 0.668. The molecule has 1 unspecified atom stereocenters. The van der Waals surface area contributed by atoms with E-state index in [0.29, 0.717) is 13.0 Å². The van der Waals surface area contributed by atoms with Gasteiger partial charge in [-0.15, -0.1) is 0 Å². The van der Waals surface area contributed by atoms with Gasteiger partial charge in [0.1, 0.15) is 6.29 Å². The topological polar surface area (TPSA) is 37.4 Å². The van der Waals surface area contributed by atoms with Crippen LogP contribution in [-0.4, -0.2) is 18.7 Å². The highest BCUT2D eigenvalue weighted by atomic mass is 16.2. The first kappa shape index (κ1) is 9.58. The molecule has 0 spiro atoms. The molecule has 1 amide bonds. The van der Waals surface area contributed by atoms with Crippen LogP contribution in [0.2, 0.25) is 0 Å². The lowest BCUT2D eigenvalue weighted by molar-refractivity contribution is -0.119. The number of amides is 1. The lowest BCUT2D eigenvalue weighted by Gasteiger charge is -2.37. The normalized spacial score (nSPS) is 22.9. The molecule has 2 aliphatic heterocycles. The molecule has 3 nitrogen and oxygen atoms in total. The maximum atomic E-state index is 11.8. The van der Waals surface area contributed by atoms with Gasteiger partial charge in [0.05, 0.1) is 5.69 Å². The number of benzene rings is 1. The zero-order valence-electron chi connectivity index (χ0n) is 8.98. The third-order valence-electron chi connectivity index (χ3n) is 3.56. The van der Waals surface area contributed by atoms with Gasteiger partial charge in [-0.1, -0.05) is 18.2 Å². The fourth-order valence-corrected chi connectivity index (χ4v) is 2.74. The first-order valence-electron chi connectivity index (χ1n) is 5.68. The van der Waals surface area contributed by atoms with Crippen LogP contribution in [0.15, 0.2) is 18.2 Å². The average Bonchev–Trinajstić information content (AvgIpc) is 2.34. The minimum Gasteiger partial charge on any atom is -0.312 e. The molecule has 0 fully saturated rings. The average molecular weight is 215 g/mol. The Morgan fingerprint density at radius 1 is 1.31 bits per heavy atom. The lowest BCUT2D eigenvalue weighted by Crippen LogP contribution is -2.40. The minimum atomic E-state index is -0.0305. The van der Waals surface area contributed by atoms with Gasteiger partial charge in [-0.2, -0.15) is 0 Å². The van der Waals surface area contributed by atoms with Gasteiger partial charge < -0.3 is 9.69 Å². The lowest BCUT2D eigenvalue weighted by atomic mass is 9.85. The molecule has 0 aromatic heterocycles. The van der Waals surface area contributed by atoms with Crippen LogP contribution in [0.4, 0.5) is 5.69 Å². The fraction of sp³-hybridized carbons (Fsp3) is 0.385. The smallest absolute Gasteiger partial charge is 0.227 e. The van der Waals surface area contributed by atoms with Crippen LogP contribution in [0.25, 0.3) is 0 Å². The standard InChI is InChI=1S/C13H13NO2/c15-8-10-6-7-14-12(16)5-4-9-2-1-3-11(10)13(9)14/h1-3,8,10H,4-7H2. The number of para-hydroxylation sites is 1. The zero-order valence-corrected chi connectivity index (χ0v) is 8.98. The summed E-state index contributed by atoms with van der Waals surface area (Å²) < 4.78 is 0. The molecule has 1 aromatic carbocycles. The van der Waals surface area contributed by atoms with Gasteiger partial charge in [-0.3, -0.25) is 4.79 Å². The van der Waals surface area contributed by atoms with E-state index in [4.69, 9.17) is 0 Å². The Bertz CT molecular complexity index is 467. The second-order valence-electron chi connectivity index (χ2n) is 4.43. The summed E-state index contributed by atoms with van der Waals surface area (Å²) in [5.41, 5.74) is 3.26. The van der Waals surface area contributed by atoms with Gasteiger partial charge in [0.15, 0.2) is 0 Å². The number of hydrogen-bond acceptors (Lipinski definition) is 2. The molecule has 0 N–H and O–H groups in total. The molecule has 3 rings (SSSR count). The van der Waals surface area contributed by atoms with Crippen LogP contribution in [0.1, 0.15) is 29.9 Å². The number of aryl methyl sites for hydroxylation is 1. The highest BCUT2D eigenvalue weighted by molar-refractivity contribution is 5.98. The van der Waals surface area contributed by atoms with E-state index < -0.39 is 0 Å². The molecule has 1 aromatic rings. The number of anilines is 1. The molecule has 82 valence electrons. The van der Waals surface area contributed by atoms with Crippen LogP contribution in [-0.2, 0) is 16.0 Å². The largest absolute Gasteiger partial charge is 0.312 e. The number of carbonyl (C=O) groups excluding carboxylic acids is 2. The summed E-state index contributed by atoms with van der Waals surface area (Å²) in [6.45, 7) is 0.687. The molecule has 0 aliphatic carbocycles. The Balaban J connectivity index is 2.20. The number of carbonyl (C=O) groups is 2. The predicted octanol–water partition coefficient (Wildman–Crippen LogP) is 1.65. The number of hydrogen-bond donors (Lipinski definition) is 0. The van der Waals surface area contributed by atoms with Gasteiger partial charge >= 0.3 is 0 Å². The molecule has 0 radical (unpaired) electrons. The summed E-state index contributed by atoms with van der Waals surface area (Å²) in [6.07, 6.45) is 3.17. The number of aldehydes is 1. The van der Waals surface area contributed by atoms with Crippen molar-refractivity contribution in [1.29, 1.82) is 0 Å². The summed E-state index contributed by atoms with van der Waals surface area (Å²) in [6, 6.07) is 6.03. The van der Waals surface area contributed by atoms with Gasteiger partial charge in [-0.25, -0.2) is 0 Å². The van der Waals surface area contributed by atoms with Crippen molar-refractivity contribution in [3.8, 4) is 0 Å². The van der Waals surface area contributed by atoms with Crippen molar-refractivity contribution >= 4 is 17.9 Å². The number of nitrogens with zero attached hydrogens (tertiary/aromatic N) is 1. The van der Waals surface area contributed by atoms with E-state index >= 15 is 0 Å². The van der Waals surface area contributed by atoms with Crippen molar-refractivity contribution in [2.75, 3.05) is 11.4 Å². The van der Waals surface area contributed by atoms with Crippen LogP contribution >= 0.6 is 0 Å². The zero-order chi connectivity index (χ0) is 11.1. The highest BCUT2D eigenvalue weighted by Gasteiger charge is 2.32. The van der Waals surface area contributed by atoms with Crippen molar-refractivity contribution in [1.82, 2.24) is 0 Å². The van der Waals surface area contributed by atoms with Crippen molar-refractivity contribution < 1.29 is 9.59 Å². The Kier molecular flexibility index (Phi) is 2.06. The van der Waals surface area contributed by atoms with E-state index in [1.165, 1.54) is 5.56 Å². The Morgan fingerprint density at radius 3 is 3.00 bits per heavy atom. The van der Waals surface area contributed by atoms with Crippen molar-refractivity contribution in [2.45, 2.75) is 25.2 Å². The van der Waals surface area contributed by atoms with Crippen LogP contribution in [0, 0.1) is 0 Å².